The lowest BCUT2D eigenvalue weighted by Gasteiger charge is -2.42. The summed E-state index contributed by atoms with van der Waals surface area (Å²) in [5.74, 6) is 2.51. The molecule has 36 heavy (non-hydrogen) atoms. The Morgan fingerprint density at radius 2 is 1.64 bits per heavy atom. The van der Waals surface area contributed by atoms with Crippen LogP contribution in [0.15, 0.2) is 65.6 Å². The van der Waals surface area contributed by atoms with Gasteiger partial charge in [0, 0.05) is 51.2 Å². The number of likely N-dealkylation sites (N-methyl/N-ethyl adjacent to an activating group) is 1. The zero-order chi connectivity index (χ0) is 25.4. The molecule has 1 aromatic carbocycles. The van der Waals surface area contributed by atoms with Gasteiger partial charge in [-0.25, -0.2) is 9.98 Å². The highest BCUT2D eigenvalue weighted by Crippen LogP contribution is 2.28. The lowest BCUT2D eigenvalue weighted by Crippen LogP contribution is -2.57. The number of nitrogens with two attached hydrogens (primary N) is 1. The zero-order valence-corrected chi connectivity index (χ0v) is 22.3. The molecule has 0 bridgehead atoms. The minimum absolute atomic E-state index is 0.566. The lowest BCUT2D eigenvalue weighted by atomic mass is 10.0. The zero-order valence-electron chi connectivity index (χ0n) is 22.3. The van der Waals surface area contributed by atoms with Crippen molar-refractivity contribution in [1.29, 1.82) is 0 Å². The maximum absolute atomic E-state index is 6.36. The fraction of sp³-hybridized carbons (Fsp3) is 0.517. The summed E-state index contributed by atoms with van der Waals surface area (Å²) in [5.41, 5.74) is 8.34. The van der Waals surface area contributed by atoms with E-state index in [4.69, 9.17) is 10.7 Å². The number of guanidine groups is 1. The van der Waals surface area contributed by atoms with Gasteiger partial charge in [0.25, 0.3) is 0 Å². The second-order valence-electron chi connectivity index (χ2n) is 10.2. The largest absolute Gasteiger partial charge is 0.385 e. The number of aromatic nitrogens is 1. The highest BCUT2D eigenvalue weighted by Gasteiger charge is 2.33. The molecule has 2 aliphatic rings. The van der Waals surface area contributed by atoms with Crippen molar-refractivity contribution in [3.05, 3.63) is 66.1 Å². The molecule has 7 heteroatoms. The van der Waals surface area contributed by atoms with Gasteiger partial charge in [-0.15, -0.1) is 0 Å². The highest BCUT2D eigenvalue weighted by molar-refractivity contribution is 5.84. The number of nitrogens with one attached hydrogen (secondary N) is 1. The van der Waals surface area contributed by atoms with Crippen LogP contribution in [0.2, 0.25) is 0 Å². The predicted octanol–water partition coefficient (Wildman–Crippen LogP) is 4.72. The van der Waals surface area contributed by atoms with Crippen LogP contribution in [0.5, 0.6) is 0 Å². The maximum Gasteiger partial charge on any atom is 0.202 e. The number of aliphatic imine (C=N–C) groups is 1. The van der Waals surface area contributed by atoms with Gasteiger partial charge in [0.15, 0.2) is 5.66 Å². The molecular weight excluding hydrogens is 446 g/mol. The number of hydrogen-bond acceptors (Lipinski definition) is 7. The Kier molecular flexibility index (Phi) is 8.73. The van der Waals surface area contributed by atoms with Gasteiger partial charge in [-0.3, -0.25) is 0 Å². The van der Waals surface area contributed by atoms with Gasteiger partial charge in [0.1, 0.15) is 11.6 Å². The molecule has 0 aliphatic carbocycles. The van der Waals surface area contributed by atoms with Crippen LogP contribution in [-0.4, -0.2) is 54.7 Å². The topological polar surface area (TPSA) is 73.0 Å². The van der Waals surface area contributed by atoms with E-state index < -0.39 is 5.66 Å². The van der Waals surface area contributed by atoms with E-state index in [9.17, 15) is 0 Å². The number of benzene rings is 1. The van der Waals surface area contributed by atoms with Crippen LogP contribution < -0.4 is 20.9 Å². The number of anilines is 2. The summed E-state index contributed by atoms with van der Waals surface area (Å²) in [4.78, 5) is 16.4. The number of nitrogens with zero attached hydrogens (tertiary/aromatic N) is 5. The molecule has 1 unspecified atom stereocenters. The quantitative estimate of drug-likeness (QED) is 0.471. The van der Waals surface area contributed by atoms with Gasteiger partial charge in [-0.05, 0) is 49.6 Å². The first-order valence-corrected chi connectivity index (χ1v) is 13.6. The number of aryl methyl sites for hydroxylation is 1. The van der Waals surface area contributed by atoms with Crippen molar-refractivity contribution in [2.24, 2.45) is 10.7 Å². The molecule has 0 saturated carbocycles. The molecule has 1 saturated heterocycles. The molecule has 1 atom stereocenters. The van der Waals surface area contributed by atoms with Gasteiger partial charge in [-0.2, -0.15) is 0 Å². The van der Waals surface area contributed by atoms with E-state index in [1.165, 1.54) is 44.1 Å². The molecule has 194 valence electrons. The van der Waals surface area contributed by atoms with Crippen LogP contribution >= 0.6 is 0 Å². The Morgan fingerprint density at radius 3 is 2.33 bits per heavy atom. The summed E-state index contributed by atoms with van der Waals surface area (Å²) in [5, 5.41) is 3.31. The third-order valence-electron chi connectivity index (χ3n) is 7.39. The van der Waals surface area contributed by atoms with Crippen molar-refractivity contribution >= 4 is 17.5 Å². The van der Waals surface area contributed by atoms with Crippen LogP contribution in [0.4, 0.5) is 11.5 Å². The van der Waals surface area contributed by atoms with Crippen LogP contribution in [0, 0.1) is 0 Å². The lowest BCUT2D eigenvalue weighted by molar-refractivity contribution is 0.365. The molecule has 4 rings (SSSR count). The molecule has 3 N–H and O–H groups in total. The molecule has 0 radical (unpaired) electrons. The first kappa shape index (κ1) is 25.9. The molecule has 0 spiro atoms. The van der Waals surface area contributed by atoms with E-state index in [1.54, 1.807) is 0 Å². The SMILES string of the molecule is CCCCCCCCc1ccc(N(C)C2(C)C=C(N)NC(N3CCN(c4ccccn4)CC3)=N2)cc1. The van der Waals surface area contributed by atoms with Crippen LogP contribution in [0.3, 0.4) is 0 Å². The predicted molar refractivity (Wildman–Crippen MR) is 151 cm³/mol. The van der Waals surface area contributed by atoms with Crippen LogP contribution in [-0.2, 0) is 6.42 Å². The van der Waals surface area contributed by atoms with Crippen molar-refractivity contribution in [3.63, 3.8) is 0 Å². The van der Waals surface area contributed by atoms with Gasteiger partial charge < -0.3 is 25.8 Å². The maximum atomic E-state index is 6.36. The number of piperazine rings is 1. The number of unbranched alkanes of at least 4 members (excludes halogenated alkanes) is 5. The Labute approximate surface area is 217 Å². The monoisotopic (exact) mass is 489 g/mol. The van der Waals surface area contributed by atoms with E-state index in [0.29, 0.717) is 5.82 Å². The Balaban J connectivity index is 1.36. The molecule has 2 aliphatic heterocycles. The summed E-state index contributed by atoms with van der Waals surface area (Å²) >= 11 is 0. The minimum Gasteiger partial charge on any atom is -0.385 e. The molecule has 0 amide bonds. The van der Waals surface area contributed by atoms with E-state index in [-0.39, 0.29) is 0 Å². The van der Waals surface area contributed by atoms with E-state index >= 15 is 0 Å². The fourth-order valence-corrected chi connectivity index (χ4v) is 5.00. The third kappa shape index (κ3) is 6.50. The van der Waals surface area contributed by atoms with Crippen molar-refractivity contribution in [2.75, 3.05) is 43.0 Å². The van der Waals surface area contributed by atoms with E-state index in [0.717, 1.165) is 50.1 Å². The van der Waals surface area contributed by atoms with Crippen LogP contribution in [0.1, 0.15) is 57.9 Å². The van der Waals surface area contributed by atoms with Crippen LogP contribution in [0.25, 0.3) is 0 Å². The van der Waals surface area contributed by atoms with Gasteiger partial charge >= 0.3 is 0 Å². The molecule has 7 nitrogen and oxygen atoms in total. The fourth-order valence-electron chi connectivity index (χ4n) is 5.00. The Bertz CT molecular complexity index is 1010. The van der Waals surface area contributed by atoms with Gasteiger partial charge in [0.2, 0.25) is 5.96 Å². The van der Waals surface area contributed by atoms with Crippen molar-refractivity contribution in [2.45, 2.75) is 64.5 Å². The first-order chi connectivity index (χ1) is 17.5. The van der Waals surface area contributed by atoms with Crippen molar-refractivity contribution in [3.8, 4) is 0 Å². The summed E-state index contributed by atoms with van der Waals surface area (Å²) in [7, 11) is 2.10. The average molecular weight is 490 g/mol. The standard InChI is InChI=1S/C29H43N7/c1-4-5-6-7-8-9-12-24-14-16-25(17-15-24)34(3)29(2)23-26(30)32-28(33-29)36-21-19-35(20-22-36)27-13-10-11-18-31-27/h10-11,13-18,23H,4-9,12,19-22,30H2,1-3H3,(H,32,33). The summed E-state index contributed by atoms with van der Waals surface area (Å²) in [6.45, 7) is 7.91. The molecule has 1 aromatic heterocycles. The number of hydrogen-bond donors (Lipinski definition) is 2. The van der Waals surface area contributed by atoms with E-state index in [1.807, 2.05) is 24.4 Å². The van der Waals surface area contributed by atoms with E-state index in [2.05, 4.69) is 76.2 Å². The highest BCUT2D eigenvalue weighted by atomic mass is 15.4. The summed E-state index contributed by atoms with van der Waals surface area (Å²) in [6, 6.07) is 15.0. The second-order valence-corrected chi connectivity index (χ2v) is 10.2. The normalized spacial score (nSPS) is 20.0. The molecular formula is C29H43N7. The average Bonchev–Trinajstić information content (AvgIpc) is 2.91. The van der Waals surface area contributed by atoms with Gasteiger partial charge in [-0.1, -0.05) is 57.2 Å². The summed E-state index contributed by atoms with van der Waals surface area (Å²) < 4.78 is 0. The minimum atomic E-state index is -0.566. The molecule has 2 aromatic rings. The Hall–Kier alpha value is -3.22. The smallest absolute Gasteiger partial charge is 0.202 e. The number of pyridine rings is 1. The number of rotatable bonds is 10. The first-order valence-electron chi connectivity index (χ1n) is 13.6. The van der Waals surface area contributed by atoms with Gasteiger partial charge in [0.05, 0.1) is 0 Å². The molecule has 3 heterocycles. The second kappa shape index (κ2) is 12.2. The third-order valence-corrected chi connectivity index (χ3v) is 7.39. The molecule has 1 fully saturated rings. The summed E-state index contributed by atoms with van der Waals surface area (Å²) in [6.07, 6.45) is 13.0. The Morgan fingerprint density at radius 1 is 0.944 bits per heavy atom. The van der Waals surface area contributed by atoms with Crippen molar-refractivity contribution in [1.82, 2.24) is 15.2 Å². The van der Waals surface area contributed by atoms with Crippen molar-refractivity contribution < 1.29 is 0 Å².